The van der Waals surface area contributed by atoms with Crippen LogP contribution in [0.3, 0.4) is 0 Å². The minimum absolute atomic E-state index is 0.285. The Kier molecular flexibility index (Phi) is 2.90. The smallest absolute Gasteiger partial charge is 0.337 e. The Labute approximate surface area is 82.8 Å². The van der Waals surface area contributed by atoms with E-state index in [1.54, 1.807) is 0 Å². The zero-order valence-corrected chi connectivity index (χ0v) is 7.21. The molecule has 1 rings (SSSR count). The predicted molar refractivity (Wildman–Crippen MR) is 47.8 cm³/mol. The lowest BCUT2D eigenvalue weighted by Gasteiger charge is -1.98. The van der Waals surface area contributed by atoms with Gasteiger partial charge < -0.3 is 5.11 Å². The van der Waals surface area contributed by atoms with Gasteiger partial charge in [0.2, 0.25) is 6.08 Å². The van der Waals surface area contributed by atoms with E-state index in [9.17, 15) is 19.7 Å². The molecule has 0 spiro atoms. The number of carbonyl (C=O) groups is 1. The van der Waals surface area contributed by atoms with Crippen LogP contribution < -0.4 is 0 Å². The molecule has 0 bridgehead atoms. The molecule has 0 aliphatic heterocycles. The number of hydrogen-bond acceptors (Lipinski definition) is 5. The van der Waals surface area contributed by atoms with Gasteiger partial charge in [-0.15, -0.1) is 0 Å². The molecule has 0 aliphatic carbocycles. The van der Waals surface area contributed by atoms with Gasteiger partial charge in [0.1, 0.15) is 0 Å². The molecular weight excluding hydrogens is 204 g/mol. The topological polar surface area (TPSA) is 110 Å². The van der Waals surface area contributed by atoms with Crippen molar-refractivity contribution in [2.75, 3.05) is 0 Å². The summed E-state index contributed by atoms with van der Waals surface area (Å²) in [6, 6.07) is 2.93. The summed E-state index contributed by atoms with van der Waals surface area (Å²) in [4.78, 5) is 33.3. The number of aromatic carboxylic acids is 1. The van der Waals surface area contributed by atoms with Crippen molar-refractivity contribution in [3.05, 3.63) is 33.9 Å². The number of carbonyl (C=O) groups excluding carboxylic acids is 1. The molecule has 0 aliphatic rings. The second kappa shape index (κ2) is 4.12. The Hall–Kier alpha value is -2.53. The number of nitrogens with zero attached hydrogens (tertiary/aromatic N) is 2. The number of carboxylic acid groups (broad SMARTS) is 1. The third-order valence-corrected chi connectivity index (χ3v) is 1.59. The molecule has 7 heteroatoms. The third kappa shape index (κ3) is 2.23. The van der Waals surface area contributed by atoms with E-state index in [-0.39, 0.29) is 16.9 Å². The largest absolute Gasteiger partial charge is 0.478 e. The number of isocyanates is 1. The lowest BCUT2D eigenvalue weighted by molar-refractivity contribution is -0.384. The number of nitro groups is 1. The summed E-state index contributed by atoms with van der Waals surface area (Å²) in [6.07, 6.45) is 1.13. The van der Waals surface area contributed by atoms with E-state index in [0.717, 1.165) is 24.3 Å². The SMILES string of the molecule is O=C=Nc1cc([N+](=O)[O-])ccc1C(=O)O. The van der Waals surface area contributed by atoms with Gasteiger partial charge in [0.05, 0.1) is 16.2 Å². The molecule has 0 fully saturated rings. The molecule has 0 unspecified atom stereocenters. The highest BCUT2D eigenvalue weighted by atomic mass is 16.6. The van der Waals surface area contributed by atoms with Crippen molar-refractivity contribution < 1.29 is 19.6 Å². The van der Waals surface area contributed by atoms with Crippen molar-refractivity contribution >= 4 is 23.4 Å². The maximum absolute atomic E-state index is 10.6. The van der Waals surface area contributed by atoms with Crippen LogP contribution in [-0.2, 0) is 4.79 Å². The lowest BCUT2D eigenvalue weighted by atomic mass is 10.1. The van der Waals surface area contributed by atoms with Crippen LogP contribution in [0.2, 0.25) is 0 Å². The summed E-state index contributed by atoms with van der Waals surface area (Å²) in [5.41, 5.74) is -0.912. The summed E-state index contributed by atoms with van der Waals surface area (Å²) in [5.74, 6) is -1.32. The molecule has 0 atom stereocenters. The van der Waals surface area contributed by atoms with Gasteiger partial charge in [-0.05, 0) is 6.07 Å². The van der Waals surface area contributed by atoms with Crippen molar-refractivity contribution in [2.45, 2.75) is 0 Å². The van der Waals surface area contributed by atoms with Crippen molar-refractivity contribution in [1.29, 1.82) is 0 Å². The van der Waals surface area contributed by atoms with Crippen LogP contribution in [0.15, 0.2) is 23.2 Å². The molecule has 1 aromatic rings. The zero-order chi connectivity index (χ0) is 11.4. The van der Waals surface area contributed by atoms with Gasteiger partial charge in [-0.3, -0.25) is 10.1 Å². The number of benzene rings is 1. The molecule has 15 heavy (non-hydrogen) atoms. The summed E-state index contributed by atoms with van der Waals surface area (Å²) < 4.78 is 0. The summed E-state index contributed by atoms with van der Waals surface area (Å²) >= 11 is 0. The van der Waals surface area contributed by atoms with Crippen LogP contribution in [0.4, 0.5) is 11.4 Å². The Morgan fingerprint density at radius 1 is 1.53 bits per heavy atom. The second-order valence-electron chi connectivity index (χ2n) is 2.47. The molecule has 0 aromatic heterocycles. The fraction of sp³-hybridized carbons (Fsp3) is 0. The molecular formula is C8H4N2O5. The zero-order valence-electron chi connectivity index (χ0n) is 7.21. The molecule has 0 saturated carbocycles. The van der Waals surface area contributed by atoms with Crippen molar-refractivity contribution in [3.63, 3.8) is 0 Å². The highest BCUT2D eigenvalue weighted by Gasteiger charge is 2.14. The summed E-state index contributed by atoms with van der Waals surface area (Å²) in [7, 11) is 0. The van der Waals surface area contributed by atoms with E-state index < -0.39 is 10.9 Å². The van der Waals surface area contributed by atoms with Crippen LogP contribution in [0.25, 0.3) is 0 Å². The molecule has 0 heterocycles. The Morgan fingerprint density at radius 3 is 2.67 bits per heavy atom. The molecule has 0 radical (unpaired) electrons. The molecule has 0 amide bonds. The van der Waals surface area contributed by atoms with Gasteiger partial charge in [0.25, 0.3) is 5.69 Å². The number of nitro benzene ring substituents is 1. The van der Waals surface area contributed by atoms with Crippen LogP contribution in [0.5, 0.6) is 0 Å². The Bertz CT molecular complexity index is 476. The first-order valence-corrected chi connectivity index (χ1v) is 3.66. The first-order valence-electron chi connectivity index (χ1n) is 3.66. The Balaban J connectivity index is 3.39. The van der Waals surface area contributed by atoms with E-state index in [2.05, 4.69) is 4.99 Å². The number of rotatable bonds is 3. The number of hydrogen-bond donors (Lipinski definition) is 1. The minimum Gasteiger partial charge on any atom is -0.478 e. The van der Waals surface area contributed by atoms with Crippen LogP contribution in [-0.4, -0.2) is 22.1 Å². The van der Waals surface area contributed by atoms with E-state index in [4.69, 9.17) is 5.11 Å². The maximum atomic E-state index is 10.6. The first-order chi connectivity index (χ1) is 7.06. The van der Waals surface area contributed by atoms with Crippen molar-refractivity contribution in [3.8, 4) is 0 Å². The second-order valence-corrected chi connectivity index (χ2v) is 2.47. The van der Waals surface area contributed by atoms with Gasteiger partial charge in [-0.2, -0.15) is 4.99 Å². The molecule has 1 aromatic carbocycles. The molecule has 1 N–H and O–H groups in total. The average Bonchev–Trinajstić information content (AvgIpc) is 2.17. The summed E-state index contributed by atoms with van der Waals surface area (Å²) in [5, 5.41) is 19.0. The molecule has 7 nitrogen and oxygen atoms in total. The van der Waals surface area contributed by atoms with Crippen LogP contribution in [0.1, 0.15) is 10.4 Å². The monoisotopic (exact) mass is 208 g/mol. The van der Waals surface area contributed by atoms with Crippen LogP contribution in [0, 0.1) is 10.1 Å². The molecule has 76 valence electrons. The standard InChI is InChI=1S/C8H4N2O5/c11-4-9-7-3-5(10(14)15)1-2-6(7)8(12)13/h1-3H,(H,12,13). The minimum atomic E-state index is -1.32. The van der Waals surface area contributed by atoms with Gasteiger partial charge >= 0.3 is 5.97 Å². The fourth-order valence-electron chi connectivity index (χ4n) is 0.956. The molecule has 0 saturated heterocycles. The maximum Gasteiger partial charge on any atom is 0.337 e. The van der Waals surface area contributed by atoms with Gasteiger partial charge in [0, 0.05) is 12.1 Å². The highest BCUT2D eigenvalue weighted by molar-refractivity contribution is 5.94. The summed E-state index contributed by atoms with van der Waals surface area (Å²) in [6.45, 7) is 0. The van der Waals surface area contributed by atoms with E-state index in [1.807, 2.05) is 0 Å². The van der Waals surface area contributed by atoms with Gasteiger partial charge in [-0.25, -0.2) is 9.59 Å². The first kappa shape index (κ1) is 10.6. The van der Waals surface area contributed by atoms with E-state index in [1.165, 1.54) is 0 Å². The number of non-ortho nitro benzene ring substituents is 1. The van der Waals surface area contributed by atoms with Crippen LogP contribution >= 0.6 is 0 Å². The fourth-order valence-corrected chi connectivity index (χ4v) is 0.956. The van der Waals surface area contributed by atoms with Gasteiger partial charge in [0.15, 0.2) is 0 Å². The van der Waals surface area contributed by atoms with E-state index in [0.29, 0.717) is 0 Å². The quantitative estimate of drug-likeness (QED) is 0.348. The van der Waals surface area contributed by atoms with Crippen molar-refractivity contribution in [1.82, 2.24) is 0 Å². The lowest BCUT2D eigenvalue weighted by Crippen LogP contribution is -1.97. The van der Waals surface area contributed by atoms with E-state index >= 15 is 0 Å². The normalized spacial score (nSPS) is 9.07. The average molecular weight is 208 g/mol. The number of aliphatic imine (C=N–C) groups is 1. The highest BCUT2D eigenvalue weighted by Crippen LogP contribution is 2.24. The van der Waals surface area contributed by atoms with Gasteiger partial charge in [-0.1, -0.05) is 0 Å². The van der Waals surface area contributed by atoms with Crippen molar-refractivity contribution in [2.24, 2.45) is 4.99 Å². The third-order valence-electron chi connectivity index (χ3n) is 1.59. The number of carboxylic acids is 1. The predicted octanol–water partition coefficient (Wildman–Crippen LogP) is 1.26. The Morgan fingerprint density at radius 2 is 2.20 bits per heavy atom.